The van der Waals surface area contributed by atoms with Crippen LogP contribution >= 0.6 is 0 Å². The highest BCUT2D eigenvalue weighted by atomic mass is 16.5. The number of amides is 1. The molecule has 2 aliphatic heterocycles. The number of likely N-dealkylation sites (tertiary alicyclic amines) is 1. The van der Waals surface area contributed by atoms with Crippen LogP contribution in [0.3, 0.4) is 0 Å². The maximum Gasteiger partial charge on any atom is 0.255 e. The molecule has 0 saturated carbocycles. The SMILES string of the molecule is O=C(CCc1ccccc1)N1CCC2(CCc3c2nc(N2CCOCC2)[nH]c3=O)CC1. The first kappa shape index (κ1) is 20.2. The van der Waals surface area contributed by atoms with Gasteiger partial charge in [0.15, 0.2) is 0 Å². The molecule has 0 radical (unpaired) electrons. The van der Waals surface area contributed by atoms with Gasteiger partial charge in [-0.05, 0) is 37.7 Å². The largest absolute Gasteiger partial charge is 0.378 e. The molecule has 1 aliphatic carbocycles. The van der Waals surface area contributed by atoms with Gasteiger partial charge in [0.05, 0.1) is 18.9 Å². The van der Waals surface area contributed by atoms with Crippen molar-refractivity contribution in [2.75, 3.05) is 44.3 Å². The number of hydrogen-bond acceptors (Lipinski definition) is 5. The third-order valence-corrected chi connectivity index (χ3v) is 7.21. The molecule has 2 fully saturated rings. The zero-order valence-electron chi connectivity index (χ0n) is 17.9. The van der Waals surface area contributed by atoms with E-state index in [2.05, 4.69) is 22.0 Å². The summed E-state index contributed by atoms with van der Waals surface area (Å²) in [5.41, 5.74) is 2.97. The van der Waals surface area contributed by atoms with Crippen molar-refractivity contribution in [3.05, 3.63) is 57.5 Å². The molecule has 1 spiro atoms. The fourth-order valence-corrected chi connectivity index (χ4v) is 5.29. The zero-order chi connectivity index (χ0) is 21.3. The van der Waals surface area contributed by atoms with Crippen LogP contribution in [-0.2, 0) is 27.8 Å². The lowest BCUT2D eigenvalue weighted by atomic mass is 9.76. The van der Waals surface area contributed by atoms with Crippen molar-refractivity contribution in [1.29, 1.82) is 0 Å². The molecule has 0 atom stereocenters. The number of hydrogen-bond donors (Lipinski definition) is 1. The molecular formula is C24H30N4O3. The fraction of sp³-hybridized carbons (Fsp3) is 0.542. The number of fused-ring (bicyclic) bond motifs is 2. The van der Waals surface area contributed by atoms with Gasteiger partial charge >= 0.3 is 0 Å². The van der Waals surface area contributed by atoms with E-state index in [9.17, 15) is 9.59 Å². The summed E-state index contributed by atoms with van der Waals surface area (Å²) >= 11 is 0. The Morgan fingerprint density at radius 2 is 1.81 bits per heavy atom. The molecule has 1 N–H and O–H groups in total. The number of H-pyrrole nitrogens is 1. The Morgan fingerprint density at radius 1 is 1.06 bits per heavy atom. The summed E-state index contributed by atoms with van der Waals surface area (Å²) in [6.07, 6.45) is 4.84. The molecule has 31 heavy (non-hydrogen) atoms. The maximum atomic E-state index is 12.8. The molecule has 3 aliphatic rings. The van der Waals surface area contributed by atoms with Gasteiger partial charge in [-0.2, -0.15) is 0 Å². The number of nitrogens with one attached hydrogen (secondary N) is 1. The molecule has 0 unspecified atom stereocenters. The monoisotopic (exact) mass is 422 g/mol. The second-order valence-corrected chi connectivity index (χ2v) is 8.96. The van der Waals surface area contributed by atoms with E-state index in [1.54, 1.807) is 0 Å². The first-order valence-electron chi connectivity index (χ1n) is 11.4. The van der Waals surface area contributed by atoms with Crippen LogP contribution in [0.25, 0.3) is 0 Å². The second kappa shape index (κ2) is 8.46. The molecule has 7 heteroatoms. The number of aromatic nitrogens is 2. The van der Waals surface area contributed by atoms with Crippen LogP contribution < -0.4 is 10.5 Å². The van der Waals surface area contributed by atoms with Gasteiger partial charge in [-0.25, -0.2) is 4.98 Å². The van der Waals surface area contributed by atoms with Gasteiger partial charge in [-0.15, -0.1) is 0 Å². The standard InChI is InChI=1S/C24H30N4O3/c29-20(7-6-18-4-2-1-3-5-18)27-12-10-24(11-13-27)9-8-19-21(24)25-23(26-22(19)30)28-14-16-31-17-15-28/h1-5H,6-17H2,(H,25,26,30). The van der Waals surface area contributed by atoms with Crippen molar-refractivity contribution in [2.45, 2.75) is 43.9 Å². The van der Waals surface area contributed by atoms with Crippen LogP contribution in [0.4, 0.5) is 5.95 Å². The average molecular weight is 423 g/mol. The van der Waals surface area contributed by atoms with Gasteiger partial charge in [0.25, 0.3) is 5.56 Å². The van der Waals surface area contributed by atoms with Crippen molar-refractivity contribution in [2.24, 2.45) is 0 Å². The van der Waals surface area contributed by atoms with E-state index < -0.39 is 0 Å². The number of ether oxygens (including phenoxy) is 1. The van der Waals surface area contributed by atoms with Gasteiger partial charge in [0.2, 0.25) is 11.9 Å². The Balaban J connectivity index is 1.27. The zero-order valence-corrected chi connectivity index (χ0v) is 17.9. The second-order valence-electron chi connectivity index (χ2n) is 8.96. The number of aryl methyl sites for hydroxylation is 1. The van der Waals surface area contributed by atoms with Crippen molar-refractivity contribution in [3.8, 4) is 0 Å². The van der Waals surface area contributed by atoms with E-state index in [0.29, 0.717) is 25.6 Å². The van der Waals surface area contributed by atoms with E-state index in [1.807, 2.05) is 23.1 Å². The number of nitrogens with zero attached hydrogens (tertiary/aromatic N) is 3. The number of morpholine rings is 1. The molecule has 1 aromatic carbocycles. The van der Waals surface area contributed by atoms with E-state index in [0.717, 1.165) is 69.5 Å². The molecular weight excluding hydrogens is 392 g/mol. The first-order chi connectivity index (χ1) is 15.1. The van der Waals surface area contributed by atoms with Gasteiger partial charge < -0.3 is 14.5 Å². The first-order valence-corrected chi connectivity index (χ1v) is 11.4. The molecule has 0 bridgehead atoms. The van der Waals surface area contributed by atoms with Crippen LogP contribution in [0.5, 0.6) is 0 Å². The Bertz CT molecular complexity index is 990. The van der Waals surface area contributed by atoms with Crippen molar-refractivity contribution < 1.29 is 9.53 Å². The summed E-state index contributed by atoms with van der Waals surface area (Å²) in [5, 5.41) is 0. The summed E-state index contributed by atoms with van der Waals surface area (Å²) in [4.78, 5) is 37.6. The van der Waals surface area contributed by atoms with Crippen LogP contribution in [0.1, 0.15) is 42.5 Å². The highest BCUT2D eigenvalue weighted by molar-refractivity contribution is 5.76. The minimum absolute atomic E-state index is 0.00438. The molecule has 1 amide bonds. The maximum absolute atomic E-state index is 12.8. The van der Waals surface area contributed by atoms with Crippen LogP contribution in [-0.4, -0.2) is 60.2 Å². The number of carbonyl (C=O) groups is 1. The lowest BCUT2D eigenvalue weighted by Gasteiger charge is -2.39. The van der Waals surface area contributed by atoms with Gasteiger partial charge in [0, 0.05) is 43.6 Å². The summed E-state index contributed by atoms with van der Waals surface area (Å²) in [6, 6.07) is 10.2. The highest BCUT2D eigenvalue weighted by Crippen LogP contribution is 2.44. The van der Waals surface area contributed by atoms with Gasteiger partial charge in [-0.3, -0.25) is 14.6 Å². The predicted octanol–water partition coefficient (Wildman–Crippen LogP) is 2.05. The summed E-state index contributed by atoms with van der Waals surface area (Å²) in [5.74, 6) is 0.902. The lowest BCUT2D eigenvalue weighted by molar-refractivity contribution is -0.132. The quantitative estimate of drug-likeness (QED) is 0.816. The predicted molar refractivity (Wildman–Crippen MR) is 118 cm³/mol. The third-order valence-electron chi connectivity index (χ3n) is 7.21. The molecule has 164 valence electrons. The fourth-order valence-electron chi connectivity index (χ4n) is 5.29. The Hall–Kier alpha value is -2.67. The smallest absolute Gasteiger partial charge is 0.255 e. The van der Waals surface area contributed by atoms with E-state index in [4.69, 9.17) is 9.72 Å². The number of anilines is 1. The van der Waals surface area contributed by atoms with Crippen molar-refractivity contribution in [3.63, 3.8) is 0 Å². The Labute approximate surface area is 182 Å². The van der Waals surface area contributed by atoms with E-state index in [1.165, 1.54) is 5.56 Å². The normalized spacial score (nSPS) is 20.1. The minimum Gasteiger partial charge on any atom is -0.378 e. The topological polar surface area (TPSA) is 78.5 Å². The Morgan fingerprint density at radius 3 is 2.55 bits per heavy atom. The van der Waals surface area contributed by atoms with Crippen LogP contribution in [0.2, 0.25) is 0 Å². The third kappa shape index (κ3) is 3.99. The molecule has 2 saturated heterocycles. The molecule has 3 heterocycles. The highest BCUT2D eigenvalue weighted by Gasteiger charge is 2.44. The molecule has 7 nitrogen and oxygen atoms in total. The van der Waals surface area contributed by atoms with E-state index in [-0.39, 0.29) is 16.9 Å². The summed E-state index contributed by atoms with van der Waals surface area (Å²) in [6.45, 7) is 4.30. The lowest BCUT2D eigenvalue weighted by Crippen LogP contribution is -2.45. The summed E-state index contributed by atoms with van der Waals surface area (Å²) in [7, 11) is 0. The number of rotatable bonds is 4. The summed E-state index contributed by atoms with van der Waals surface area (Å²) < 4.78 is 5.44. The van der Waals surface area contributed by atoms with Gasteiger partial charge in [0.1, 0.15) is 0 Å². The molecule has 2 aromatic rings. The number of piperidine rings is 1. The minimum atomic E-state index is -0.0686. The van der Waals surface area contributed by atoms with Crippen molar-refractivity contribution in [1.82, 2.24) is 14.9 Å². The molecule has 5 rings (SSSR count). The number of benzene rings is 1. The van der Waals surface area contributed by atoms with Crippen LogP contribution in [0, 0.1) is 0 Å². The Kier molecular flexibility index (Phi) is 5.52. The number of carbonyl (C=O) groups excluding carboxylic acids is 1. The average Bonchev–Trinajstić information content (AvgIpc) is 3.17. The van der Waals surface area contributed by atoms with Crippen LogP contribution in [0.15, 0.2) is 35.1 Å². The molecule has 1 aromatic heterocycles. The van der Waals surface area contributed by atoms with E-state index >= 15 is 0 Å². The van der Waals surface area contributed by atoms with Crippen molar-refractivity contribution >= 4 is 11.9 Å². The van der Waals surface area contributed by atoms with Gasteiger partial charge in [-0.1, -0.05) is 30.3 Å². The number of aromatic amines is 1.